The summed E-state index contributed by atoms with van der Waals surface area (Å²) in [5.74, 6) is -0.905. The van der Waals surface area contributed by atoms with Gasteiger partial charge in [-0.3, -0.25) is 14.4 Å². The number of rotatable bonds is 6. The molecule has 0 spiro atoms. The highest BCUT2D eigenvalue weighted by Gasteiger charge is 2.44. The highest BCUT2D eigenvalue weighted by Crippen LogP contribution is 2.36. The highest BCUT2D eigenvalue weighted by atomic mass is 16.5. The molecule has 1 saturated heterocycles. The van der Waals surface area contributed by atoms with Crippen LogP contribution in [0.4, 0.5) is 0 Å². The average Bonchev–Trinajstić information content (AvgIpc) is 2.67. The van der Waals surface area contributed by atoms with Crippen molar-refractivity contribution >= 4 is 17.8 Å². The van der Waals surface area contributed by atoms with E-state index >= 15 is 0 Å². The van der Waals surface area contributed by atoms with Gasteiger partial charge in [0.15, 0.2) is 6.61 Å². The Labute approximate surface area is 152 Å². The number of ether oxygens (including phenoxy) is 1. The van der Waals surface area contributed by atoms with Crippen LogP contribution in [0.5, 0.6) is 0 Å². The fourth-order valence-electron chi connectivity index (χ4n) is 3.15. The molecule has 1 N–H and O–H groups in total. The molecule has 1 heterocycles. The van der Waals surface area contributed by atoms with Crippen LogP contribution in [0.2, 0.25) is 0 Å². The maximum Gasteiger partial charge on any atom is 0.317 e. The van der Waals surface area contributed by atoms with Crippen molar-refractivity contribution in [2.24, 2.45) is 0 Å². The molecule has 7 heteroatoms. The summed E-state index contributed by atoms with van der Waals surface area (Å²) in [6.07, 6.45) is 1.10. The van der Waals surface area contributed by atoms with E-state index in [4.69, 9.17) is 10.00 Å². The molecule has 7 nitrogen and oxygen atoms in total. The van der Waals surface area contributed by atoms with E-state index in [1.165, 1.54) is 6.92 Å². The lowest BCUT2D eigenvalue weighted by atomic mass is 9.72. The summed E-state index contributed by atoms with van der Waals surface area (Å²) in [4.78, 5) is 37.9. The summed E-state index contributed by atoms with van der Waals surface area (Å²) < 4.78 is 5.29. The SMILES string of the molecule is CC(=O)N1CCC(C(=O)OCC(=O)NCCC#N)(c2ccccc2)CC1. The number of nitrogens with zero attached hydrogens (tertiary/aromatic N) is 2. The maximum absolute atomic E-state index is 12.9. The van der Waals surface area contributed by atoms with Crippen LogP contribution >= 0.6 is 0 Å². The van der Waals surface area contributed by atoms with Gasteiger partial charge in [-0.05, 0) is 18.4 Å². The van der Waals surface area contributed by atoms with Gasteiger partial charge in [0.25, 0.3) is 5.91 Å². The van der Waals surface area contributed by atoms with E-state index in [0.29, 0.717) is 25.9 Å². The quantitative estimate of drug-likeness (QED) is 0.608. The number of carbonyl (C=O) groups is 3. The van der Waals surface area contributed by atoms with E-state index < -0.39 is 17.3 Å². The van der Waals surface area contributed by atoms with Crippen LogP contribution < -0.4 is 5.32 Å². The van der Waals surface area contributed by atoms with E-state index in [2.05, 4.69) is 5.32 Å². The second-order valence-corrected chi connectivity index (χ2v) is 6.29. The summed E-state index contributed by atoms with van der Waals surface area (Å²) in [5.41, 5.74) is -0.0294. The molecule has 2 rings (SSSR count). The summed E-state index contributed by atoms with van der Waals surface area (Å²) in [6, 6.07) is 11.3. The highest BCUT2D eigenvalue weighted by molar-refractivity contribution is 5.87. The largest absolute Gasteiger partial charge is 0.455 e. The fourth-order valence-corrected chi connectivity index (χ4v) is 3.15. The molecule has 1 fully saturated rings. The van der Waals surface area contributed by atoms with Crippen LogP contribution in [-0.2, 0) is 24.5 Å². The van der Waals surface area contributed by atoms with Crippen LogP contribution in [0.15, 0.2) is 30.3 Å². The molecule has 1 aliphatic heterocycles. The molecule has 0 unspecified atom stereocenters. The summed E-state index contributed by atoms with van der Waals surface area (Å²) in [5, 5.41) is 11.0. The summed E-state index contributed by atoms with van der Waals surface area (Å²) in [6.45, 7) is 2.29. The Hall–Kier alpha value is -2.88. The average molecular weight is 357 g/mol. The minimum Gasteiger partial charge on any atom is -0.455 e. The first-order valence-corrected chi connectivity index (χ1v) is 8.61. The number of hydrogen-bond donors (Lipinski definition) is 1. The third-order valence-corrected chi connectivity index (χ3v) is 4.67. The van der Waals surface area contributed by atoms with Gasteiger partial charge in [0.1, 0.15) is 0 Å². The van der Waals surface area contributed by atoms with Crippen LogP contribution in [0.1, 0.15) is 31.7 Å². The first-order chi connectivity index (χ1) is 12.5. The maximum atomic E-state index is 12.9. The van der Waals surface area contributed by atoms with Gasteiger partial charge in [0.05, 0.1) is 17.9 Å². The molecule has 26 heavy (non-hydrogen) atoms. The number of likely N-dealkylation sites (tertiary alicyclic amines) is 1. The second kappa shape index (κ2) is 8.99. The number of nitriles is 1. The van der Waals surface area contributed by atoms with E-state index in [-0.39, 0.29) is 25.5 Å². The van der Waals surface area contributed by atoms with Gasteiger partial charge in [-0.2, -0.15) is 5.26 Å². The first kappa shape index (κ1) is 19.4. The smallest absolute Gasteiger partial charge is 0.317 e. The number of amides is 2. The van der Waals surface area contributed by atoms with Crippen LogP contribution in [-0.4, -0.2) is 48.9 Å². The van der Waals surface area contributed by atoms with E-state index in [9.17, 15) is 14.4 Å². The standard InChI is InChI=1S/C19H23N3O4/c1-15(23)22-12-8-19(9-13-22,16-6-3-2-4-7-16)18(25)26-14-17(24)21-11-5-10-20/h2-4,6-7H,5,8-9,11-14H2,1H3,(H,21,24). The van der Waals surface area contributed by atoms with Gasteiger partial charge in [0.2, 0.25) is 5.91 Å². The van der Waals surface area contributed by atoms with Gasteiger partial charge in [-0.15, -0.1) is 0 Å². The third-order valence-electron chi connectivity index (χ3n) is 4.67. The molecule has 0 atom stereocenters. The van der Waals surface area contributed by atoms with Crippen molar-refractivity contribution in [3.05, 3.63) is 35.9 Å². The zero-order valence-corrected chi connectivity index (χ0v) is 14.9. The lowest BCUT2D eigenvalue weighted by Crippen LogP contribution is -2.49. The summed E-state index contributed by atoms with van der Waals surface area (Å²) >= 11 is 0. The number of nitrogens with one attached hydrogen (secondary N) is 1. The molecule has 138 valence electrons. The Bertz CT molecular complexity index is 688. The van der Waals surface area contributed by atoms with Gasteiger partial charge >= 0.3 is 5.97 Å². The Balaban J connectivity index is 2.08. The summed E-state index contributed by atoms with van der Waals surface area (Å²) in [7, 11) is 0. The molecule has 2 amide bonds. The minimum absolute atomic E-state index is 0.0168. The zero-order chi connectivity index (χ0) is 19.0. The molecule has 0 aliphatic carbocycles. The molecule has 0 saturated carbocycles. The van der Waals surface area contributed by atoms with Crippen molar-refractivity contribution in [1.29, 1.82) is 5.26 Å². The van der Waals surface area contributed by atoms with Crippen LogP contribution in [0.3, 0.4) is 0 Å². The third kappa shape index (κ3) is 4.60. The molecule has 1 aromatic rings. The predicted octanol–water partition coefficient (Wildman–Crippen LogP) is 1.14. The number of benzene rings is 1. The van der Waals surface area contributed by atoms with Crippen LogP contribution in [0, 0.1) is 11.3 Å². The van der Waals surface area contributed by atoms with Gasteiger partial charge in [-0.1, -0.05) is 30.3 Å². The van der Waals surface area contributed by atoms with E-state index in [0.717, 1.165) is 5.56 Å². The molecular weight excluding hydrogens is 334 g/mol. The number of piperidine rings is 1. The minimum atomic E-state index is -0.861. The zero-order valence-electron chi connectivity index (χ0n) is 14.9. The monoisotopic (exact) mass is 357 g/mol. The Morgan fingerprint density at radius 2 is 1.88 bits per heavy atom. The molecule has 0 bridgehead atoms. The normalized spacial score (nSPS) is 15.6. The predicted molar refractivity (Wildman–Crippen MR) is 93.8 cm³/mol. The van der Waals surface area contributed by atoms with E-state index in [1.54, 1.807) is 4.90 Å². The number of carbonyl (C=O) groups excluding carboxylic acids is 3. The van der Waals surface area contributed by atoms with Gasteiger partial charge in [0, 0.05) is 26.6 Å². The number of hydrogen-bond acceptors (Lipinski definition) is 5. The van der Waals surface area contributed by atoms with Gasteiger partial charge < -0.3 is 15.0 Å². The lowest BCUT2D eigenvalue weighted by Gasteiger charge is -2.40. The van der Waals surface area contributed by atoms with Crippen LogP contribution in [0.25, 0.3) is 0 Å². The van der Waals surface area contributed by atoms with Crippen molar-refractivity contribution in [2.45, 2.75) is 31.6 Å². The molecule has 0 aromatic heterocycles. The topological polar surface area (TPSA) is 99.5 Å². The van der Waals surface area contributed by atoms with Crippen molar-refractivity contribution in [3.63, 3.8) is 0 Å². The lowest BCUT2D eigenvalue weighted by molar-refractivity contribution is -0.157. The second-order valence-electron chi connectivity index (χ2n) is 6.29. The molecule has 1 aromatic carbocycles. The Morgan fingerprint density at radius 1 is 1.23 bits per heavy atom. The van der Waals surface area contributed by atoms with Crippen molar-refractivity contribution < 1.29 is 19.1 Å². The number of esters is 1. The molecule has 1 aliphatic rings. The van der Waals surface area contributed by atoms with E-state index in [1.807, 2.05) is 36.4 Å². The fraction of sp³-hybridized carbons (Fsp3) is 0.474. The van der Waals surface area contributed by atoms with Crippen molar-refractivity contribution in [3.8, 4) is 6.07 Å². The molecular formula is C19H23N3O4. The van der Waals surface area contributed by atoms with Crippen molar-refractivity contribution in [2.75, 3.05) is 26.2 Å². The Morgan fingerprint density at radius 3 is 2.46 bits per heavy atom. The Kier molecular flexibility index (Phi) is 6.73. The molecule has 0 radical (unpaired) electrons. The first-order valence-electron chi connectivity index (χ1n) is 8.61. The van der Waals surface area contributed by atoms with Crippen molar-refractivity contribution in [1.82, 2.24) is 10.2 Å². The van der Waals surface area contributed by atoms with Gasteiger partial charge in [-0.25, -0.2) is 0 Å².